The van der Waals surface area contributed by atoms with E-state index in [1.165, 1.54) is 96.3 Å². The molecule has 2 aliphatic heterocycles. The number of piperidine rings is 1. The monoisotopic (exact) mass is 489 g/mol. The summed E-state index contributed by atoms with van der Waals surface area (Å²) in [4.78, 5) is 15.5. The van der Waals surface area contributed by atoms with E-state index in [1.807, 2.05) is 6.08 Å². The SMILES string of the molecule is CCCCCCCCCCCCCCCCOC1C=C(CN2CCC(C)CC2)C(=O)C(C2CC2)O1. The first kappa shape index (κ1) is 28.9. The highest BCUT2D eigenvalue weighted by Crippen LogP contribution is 2.38. The van der Waals surface area contributed by atoms with Crippen molar-refractivity contribution >= 4 is 5.78 Å². The first-order valence-corrected chi connectivity index (χ1v) is 15.4. The predicted octanol–water partition coefficient (Wildman–Crippen LogP) is 7.85. The minimum absolute atomic E-state index is 0.225. The maximum Gasteiger partial charge on any atom is 0.189 e. The zero-order valence-electron chi connectivity index (χ0n) is 23.1. The van der Waals surface area contributed by atoms with Gasteiger partial charge in [-0.15, -0.1) is 0 Å². The lowest BCUT2D eigenvalue weighted by molar-refractivity contribution is -0.168. The van der Waals surface area contributed by atoms with Gasteiger partial charge in [-0.2, -0.15) is 0 Å². The van der Waals surface area contributed by atoms with Crippen molar-refractivity contribution in [1.82, 2.24) is 4.90 Å². The summed E-state index contributed by atoms with van der Waals surface area (Å²) in [5.41, 5.74) is 0.939. The molecule has 0 amide bonds. The van der Waals surface area contributed by atoms with Crippen LogP contribution in [0.1, 0.15) is 129 Å². The third-order valence-corrected chi connectivity index (χ3v) is 8.29. The highest BCUT2D eigenvalue weighted by molar-refractivity contribution is 6.00. The molecule has 0 aromatic rings. The fourth-order valence-corrected chi connectivity index (χ4v) is 5.57. The Morgan fingerprint density at radius 3 is 1.91 bits per heavy atom. The molecule has 4 nitrogen and oxygen atoms in total. The van der Waals surface area contributed by atoms with E-state index in [4.69, 9.17) is 9.47 Å². The summed E-state index contributed by atoms with van der Waals surface area (Å²) in [5, 5.41) is 0. The highest BCUT2D eigenvalue weighted by atomic mass is 16.7. The van der Waals surface area contributed by atoms with Crippen LogP contribution in [0, 0.1) is 11.8 Å². The number of carbonyl (C=O) groups excluding carboxylic acids is 1. The van der Waals surface area contributed by atoms with Crippen LogP contribution in [0.3, 0.4) is 0 Å². The standard InChI is InChI=1S/C31H55NO3/c1-3-4-5-6-7-8-9-10-11-12-13-14-15-16-23-34-29-24-28(25-32-21-19-26(2)20-22-32)30(33)31(35-29)27-17-18-27/h24,26-27,29,31H,3-23,25H2,1-2H3. The molecular formula is C31H55NO3. The molecule has 202 valence electrons. The normalized spacial score (nSPS) is 24.2. The van der Waals surface area contributed by atoms with Crippen LogP contribution >= 0.6 is 0 Å². The largest absolute Gasteiger partial charge is 0.349 e. The number of nitrogens with zero attached hydrogens (tertiary/aromatic N) is 1. The van der Waals surface area contributed by atoms with Gasteiger partial charge in [-0.25, -0.2) is 0 Å². The van der Waals surface area contributed by atoms with Gasteiger partial charge in [0.05, 0.1) is 6.61 Å². The van der Waals surface area contributed by atoms with Crippen molar-refractivity contribution < 1.29 is 14.3 Å². The topological polar surface area (TPSA) is 38.8 Å². The molecule has 3 aliphatic rings. The molecule has 0 aromatic heterocycles. The number of hydrogen-bond donors (Lipinski definition) is 0. The molecule has 0 spiro atoms. The highest BCUT2D eigenvalue weighted by Gasteiger charge is 2.42. The molecule has 0 bridgehead atoms. The van der Waals surface area contributed by atoms with Crippen molar-refractivity contribution in [3.05, 3.63) is 11.6 Å². The van der Waals surface area contributed by atoms with Crippen LogP contribution in [0.25, 0.3) is 0 Å². The second-order valence-corrected chi connectivity index (χ2v) is 11.7. The van der Waals surface area contributed by atoms with E-state index in [1.54, 1.807) is 0 Å². The molecule has 0 aromatic carbocycles. The van der Waals surface area contributed by atoms with Gasteiger partial charge in [0.15, 0.2) is 12.1 Å². The Morgan fingerprint density at radius 1 is 0.829 bits per heavy atom. The Balaban J connectivity index is 1.23. The van der Waals surface area contributed by atoms with Gasteiger partial charge >= 0.3 is 0 Å². The number of unbranched alkanes of at least 4 members (excludes halogenated alkanes) is 13. The first-order chi connectivity index (χ1) is 17.2. The number of carbonyl (C=O) groups is 1. The predicted molar refractivity (Wildman–Crippen MR) is 146 cm³/mol. The fraction of sp³-hybridized carbons (Fsp3) is 0.903. The second kappa shape index (κ2) is 16.9. The second-order valence-electron chi connectivity index (χ2n) is 11.7. The lowest BCUT2D eigenvalue weighted by Crippen LogP contribution is -2.42. The molecule has 35 heavy (non-hydrogen) atoms. The summed E-state index contributed by atoms with van der Waals surface area (Å²) in [6, 6.07) is 0. The van der Waals surface area contributed by atoms with Crippen LogP contribution in [0.5, 0.6) is 0 Å². The summed E-state index contributed by atoms with van der Waals surface area (Å²) in [6.07, 6.45) is 25.2. The van der Waals surface area contributed by atoms with E-state index >= 15 is 0 Å². The number of ether oxygens (including phenoxy) is 2. The Labute approximate surface area is 216 Å². The Hall–Kier alpha value is -0.710. The molecular weight excluding hydrogens is 434 g/mol. The van der Waals surface area contributed by atoms with Crippen molar-refractivity contribution in [2.45, 2.75) is 142 Å². The average Bonchev–Trinajstić information content (AvgIpc) is 3.70. The lowest BCUT2D eigenvalue weighted by Gasteiger charge is -2.34. The van der Waals surface area contributed by atoms with Crippen molar-refractivity contribution in [3.63, 3.8) is 0 Å². The summed E-state index contributed by atoms with van der Waals surface area (Å²) >= 11 is 0. The van der Waals surface area contributed by atoms with E-state index in [0.717, 1.165) is 57.0 Å². The zero-order valence-corrected chi connectivity index (χ0v) is 23.1. The van der Waals surface area contributed by atoms with Crippen LogP contribution in [0.4, 0.5) is 0 Å². The number of rotatable bonds is 19. The van der Waals surface area contributed by atoms with Crippen molar-refractivity contribution in [3.8, 4) is 0 Å². The molecule has 0 radical (unpaired) electrons. The third kappa shape index (κ3) is 11.5. The molecule has 2 fully saturated rings. The maximum atomic E-state index is 13.0. The van der Waals surface area contributed by atoms with E-state index < -0.39 is 0 Å². The quantitative estimate of drug-likeness (QED) is 0.173. The Bertz CT molecular complexity index is 606. The Kier molecular flexibility index (Phi) is 14.0. The van der Waals surface area contributed by atoms with Gasteiger partial charge in [0.1, 0.15) is 6.10 Å². The first-order valence-electron chi connectivity index (χ1n) is 15.4. The summed E-state index contributed by atoms with van der Waals surface area (Å²) in [5.74, 6) is 1.45. The van der Waals surface area contributed by atoms with Gasteiger partial charge in [-0.3, -0.25) is 9.69 Å². The molecule has 4 heteroatoms. The van der Waals surface area contributed by atoms with Crippen molar-refractivity contribution in [2.75, 3.05) is 26.2 Å². The molecule has 0 N–H and O–H groups in total. The number of ketones is 1. The van der Waals surface area contributed by atoms with Crippen LogP contribution < -0.4 is 0 Å². The van der Waals surface area contributed by atoms with Gasteiger partial charge < -0.3 is 9.47 Å². The molecule has 3 rings (SSSR count). The van der Waals surface area contributed by atoms with Gasteiger partial charge in [0, 0.05) is 12.1 Å². The maximum absolute atomic E-state index is 13.0. The van der Waals surface area contributed by atoms with Crippen molar-refractivity contribution in [2.24, 2.45) is 11.8 Å². The molecule has 1 aliphatic carbocycles. The summed E-state index contributed by atoms with van der Waals surface area (Å²) in [6.45, 7) is 8.34. The van der Waals surface area contributed by atoms with E-state index in [9.17, 15) is 4.79 Å². The van der Waals surface area contributed by atoms with Gasteiger partial charge in [-0.05, 0) is 63.1 Å². The minimum atomic E-state index is -0.334. The van der Waals surface area contributed by atoms with E-state index in [2.05, 4.69) is 18.7 Å². The number of hydrogen-bond acceptors (Lipinski definition) is 4. The van der Waals surface area contributed by atoms with E-state index in [-0.39, 0.29) is 18.2 Å². The van der Waals surface area contributed by atoms with Gasteiger partial charge in [-0.1, -0.05) is 97.3 Å². The van der Waals surface area contributed by atoms with Crippen LogP contribution in [0.15, 0.2) is 11.6 Å². The molecule has 1 saturated heterocycles. The smallest absolute Gasteiger partial charge is 0.189 e. The van der Waals surface area contributed by atoms with E-state index in [0.29, 0.717) is 5.92 Å². The fourth-order valence-electron chi connectivity index (χ4n) is 5.57. The van der Waals surface area contributed by atoms with Gasteiger partial charge in [0.25, 0.3) is 0 Å². The number of likely N-dealkylation sites (tertiary alicyclic amines) is 1. The van der Waals surface area contributed by atoms with Gasteiger partial charge in [0.2, 0.25) is 0 Å². The average molecular weight is 490 g/mol. The molecule has 1 saturated carbocycles. The Morgan fingerprint density at radius 2 is 1.37 bits per heavy atom. The van der Waals surface area contributed by atoms with Crippen LogP contribution in [-0.4, -0.2) is 49.3 Å². The van der Waals surface area contributed by atoms with Crippen LogP contribution in [0.2, 0.25) is 0 Å². The lowest BCUT2D eigenvalue weighted by atomic mass is 9.96. The number of Topliss-reactive ketones (excluding diaryl/α,β-unsaturated/α-hetero) is 1. The van der Waals surface area contributed by atoms with Crippen LogP contribution in [-0.2, 0) is 14.3 Å². The summed E-state index contributed by atoms with van der Waals surface area (Å²) in [7, 11) is 0. The summed E-state index contributed by atoms with van der Waals surface area (Å²) < 4.78 is 12.2. The third-order valence-electron chi connectivity index (χ3n) is 8.29. The zero-order chi connectivity index (χ0) is 24.7. The van der Waals surface area contributed by atoms with Crippen molar-refractivity contribution in [1.29, 1.82) is 0 Å². The molecule has 2 unspecified atom stereocenters. The molecule has 2 atom stereocenters. The molecule has 2 heterocycles. The minimum Gasteiger partial charge on any atom is -0.349 e.